The maximum Gasteiger partial charge on any atom is 0.260 e. The maximum atomic E-state index is 12.1. The topological polar surface area (TPSA) is 49.8 Å². The lowest BCUT2D eigenvalue weighted by Gasteiger charge is -2.26. The molecule has 1 heterocycles. The van der Waals surface area contributed by atoms with Crippen molar-refractivity contribution in [3.63, 3.8) is 0 Å². The highest BCUT2D eigenvalue weighted by Gasteiger charge is 2.24. The Morgan fingerprint density at radius 2 is 2.10 bits per heavy atom. The predicted molar refractivity (Wildman–Crippen MR) is 75.6 cm³/mol. The third-order valence-corrected chi connectivity index (χ3v) is 4.26. The largest absolute Gasteiger partial charge is 0.483 e. The quantitative estimate of drug-likeness (QED) is 0.918. The molecule has 1 amide bonds. The zero-order valence-corrected chi connectivity index (χ0v) is 11.7. The number of likely N-dealkylation sites (tertiary alicyclic amines) is 1. The summed E-state index contributed by atoms with van der Waals surface area (Å²) in [4.78, 5) is 14.0. The minimum Gasteiger partial charge on any atom is -0.483 e. The predicted octanol–water partition coefficient (Wildman–Crippen LogP) is 2.06. The summed E-state index contributed by atoms with van der Waals surface area (Å²) >= 11 is 0. The Morgan fingerprint density at radius 3 is 2.90 bits per heavy atom. The molecule has 1 unspecified atom stereocenters. The van der Waals surface area contributed by atoms with E-state index in [1.54, 1.807) is 0 Å². The molecule has 20 heavy (non-hydrogen) atoms. The number of carbonyl (C=O) groups is 1. The standard InChI is InChI=1S/C16H21NO3/c18-14-8-7-13-12(14)5-4-6-15(13)20-11-16(19)17-9-2-1-3-10-17/h4-6,14,18H,1-3,7-11H2. The fraction of sp³-hybridized carbons (Fsp3) is 0.562. The van der Waals surface area contributed by atoms with Crippen LogP contribution in [0.2, 0.25) is 0 Å². The first kappa shape index (κ1) is 13.4. The van der Waals surface area contributed by atoms with Crippen LogP contribution >= 0.6 is 0 Å². The first-order valence-corrected chi connectivity index (χ1v) is 7.46. The molecular weight excluding hydrogens is 254 g/mol. The van der Waals surface area contributed by atoms with Crippen molar-refractivity contribution in [3.8, 4) is 5.75 Å². The molecule has 0 radical (unpaired) electrons. The van der Waals surface area contributed by atoms with Crippen molar-refractivity contribution in [2.45, 2.75) is 38.2 Å². The Morgan fingerprint density at radius 1 is 1.30 bits per heavy atom. The van der Waals surface area contributed by atoms with Crippen LogP contribution in [0.5, 0.6) is 5.75 Å². The van der Waals surface area contributed by atoms with Crippen LogP contribution in [0.15, 0.2) is 18.2 Å². The van der Waals surface area contributed by atoms with E-state index < -0.39 is 0 Å². The molecule has 1 aromatic carbocycles. The summed E-state index contributed by atoms with van der Waals surface area (Å²) in [5.74, 6) is 0.824. The van der Waals surface area contributed by atoms with E-state index in [4.69, 9.17) is 4.74 Å². The summed E-state index contributed by atoms with van der Waals surface area (Å²) in [6.07, 6.45) is 4.60. The minimum absolute atomic E-state index is 0.0702. The third kappa shape index (κ3) is 2.66. The van der Waals surface area contributed by atoms with E-state index in [9.17, 15) is 9.90 Å². The van der Waals surface area contributed by atoms with Crippen LogP contribution in [0.4, 0.5) is 0 Å². The number of carbonyl (C=O) groups excluding carboxylic acids is 1. The van der Waals surface area contributed by atoms with Gasteiger partial charge in [0.15, 0.2) is 6.61 Å². The zero-order valence-electron chi connectivity index (χ0n) is 11.7. The monoisotopic (exact) mass is 275 g/mol. The Kier molecular flexibility index (Phi) is 3.92. The number of fused-ring (bicyclic) bond motifs is 1. The first-order valence-electron chi connectivity index (χ1n) is 7.46. The molecular formula is C16H21NO3. The van der Waals surface area contributed by atoms with Gasteiger partial charge < -0.3 is 14.7 Å². The molecule has 4 nitrogen and oxygen atoms in total. The molecule has 0 spiro atoms. The Balaban J connectivity index is 1.63. The maximum absolute atomic E-state index is 12.1. The van der Waals surface area contributed by atoms with Gasteiger partial charge in [-0.25, -0.2) is 0 Å². The smallest absolute Gasteiger partial charge is 0.260 e. The van der Waals surface area contributed by atoms with Gasteiger partial charge >= 0.3 is 0 Å². The SMILES string of the molecule is O=C(COc1cccc2c1CCC2O)N1CCCCC1. The second kappa shape index (κ2) is 5.83. The Hall–Kier alpha value is -1.55. The van der Waals surface area contributed by atoms with Gasteiger partial charge in [-0.1, -0.05) is 12.1 Å². The highest BCUT2D eigenvalue weighted by atomic mass is 16.5. The van der Waals surface area contributed by atoms with Gasteiger partial charge in [-0.2, -0.15) is 0 Å². The van der Waals surface area contributed by atoms with Gasteiger partial charge in [0.05, 0.1) is 6.10 Å². The molecule has 0 bridgehead atoms. The fourth-order valence-electron chi connectivity index (χ4n) is 3.11. The lowest BCUT2D eigenvalue weighted by atomic mass is 10.1. The van der Waals surface area contributed by atoms with Gasteiger partial charge in [0, 0.05) is 18.7 Å². The molecule has 108 valence electrons. The third-order valence-electron chi connectivity index (χ3n) is 4.26. The molecule has 1 N–H and O–H groups in total. The van der Waals surface area contributed by atoms with Crippen LogP contribution in [-0.4, -0.2) is 35.6 Å². The molecule has 1 aliphatic carbocycles. The van der Waals surface area contributed by atoms with Gasteiger partial charge in [-0.05, 0) is 43.7 Å². The number of nitrogens with zero attached hydrogens (tertiary/aromatic N) is 1. The molecule has 2 aliphatic rings. The number of ether oxygens (including phenoxy) is 1. The number of amides is 1. The fourth-order valence-corrected chi connectivity index (χ4v) is 3.11. The number of hydrogen-bond acceptors (Lipinski definition) is 3. The summed E-state index contributed by atoms with van der Waals surface area (Å²) in [6.45, 7) is 1.81. The number of aliphatic hydroxyl groups is 1. The molecule has 1 fully saturated rings. The summed E-state index contributed by atoms with van der Waals surface area (Å²) in [5, 5.41) is 9.86. The molecule has 1 atom stereocenters. The van der Waals surface area contributed by atoms with Crippen molar-refractivity contribution < 1.29 is 14.6 Å². The zero-order chi connectivity index (χ0) is 13.9. The van der Waals surface area contributed by atoms with Crippen molar-refractivity contribution in [2.24, 2.45) is 0 Å². The van der Waals surface area contributed by atoms with E-state index in [1.807, 2.05) is 23.1 Å². The molecule has 1 aromatic rings. The normalized spacial score (nSPS) is 21.6. The number of benzene rings is 1. The van der Waals surface area contributed by atoms with Crippen LogP contribution in [0, 0.1) is 0 Å². The van der Waals surface area contributed by atoms with Gasteiger partial charge in [-0.15, -0.1) is 0 Å². The van der Waals surface area contributed by atoms with Crippen molar-refractivity contribution in [2.75, 3.05) is 19.7 Å². The summed E-state index contributed by atoms with van der Waals surface area (Å²) in [7, 11) is 0. The molecule has 1 saturated heterocycles. The van der Waals surface area contributed by atoms with Crippen LogP contribution in [0.25, 0.3) is 0 Å². The van der Waals surface area contributed by atoms with Gasteiger partial charge in [0.25, 0.3) is 5.91 Å². The van der Waals surface area contributed by atoms with Crippen LogP contribution in [0.1, 0.15) is 42.9 Å². The average Bonchev–Trinajstić information content (AvgIpc) is 2.88. The number of piperidine rings is 1. The number of aliphatic hydroxyl groups excluding tert-OH is 1. The van der Waals surface area contributed by atoms with Crippen molar-refractivity contribution in [1.29, 1.82) is 0 Å². The number of rotatable bonds is 3. The summed E-state index contributed by atoms with van der Waals surface area (Å²) in [5.41, 5.74) is 2.01. The lowest BCUT2D eigenvalue weighted by Crippen LogP contribution is -2.38. The van der Waals surface area contributed by atoms with Gasteiger partial charge in [0.2, 0.25) is 0 Å². The Labute approximate surface area is 119 Å². The Bertz CT molecular complexity index is 494. The van der Waals surface area contributed by atoms with E-state index in [0.717, 1.165) is 55.6 Å². The second-order valence-electron chi connectivity index (χ2n) is 5.61. The molecule has 3 rings (SSSR count). The van der Waals surface area contributed by atoms with Crippen LogP contribution < -0.4 is 4.74 Å². The summed E-state index contributed by atoms with van der Waals surface area (Å²) < 4.78 is 5.71. The van der Waals surface area contributed by atoms with Gasteiger partial charge in [-0.3, -0.25) is 4.79 Å². The molecule has 0 aromatic heterocycles. The summed E-state index contributed by atoms with van der Waals surface area (Å²) in [6, 6.07) is 5.71. The highest BCUT2D eigenvalue weighted by molar-refractivity contribution is 5.77. The second-order valence-corrected chi connectivity index (χ2v) is 5.61. The van der Waals surface area contributed by atoms with E-state index in [0.29, 0.717) is 0 Å². The van der Waals surface area contributed by atoms with Crippen molar-refractivity contribution in [1.82, 2.24) is 4.90 Å². The molecule has 0 saturated carbocycles. The van der Waals surface area contributed by atoms with E-state index >= 15 is 0 Å². The lowest BCUT2D eigenvalue weighted by molar-refractivity contribution is -0.134. The molecule has 1 aliphatic heterocycles. The van der Waals surface area contributed by atoms with E-state index in [2.05, 4.69) is 0 Å². The first-order chi connectivity index (χ1) is 9.75. The molecule has 4 heteroatoms. The van der Waals surface area contributed by atoms with Crippen LogP contribution in [0.3, 0.4) is 0 Å². The van der Waals surface area contributed by atoms with E-state index in [1.165, 1.54) is 6.42 Å². The average molecular weight is 275 g/mol. The van der Waals surface area contributed by atoms with Gasteiger partial charge in [0.1, 0.15) is 5.75 Å². The van der Waals surface area contributed by atoms with Crippen molar-refractivity contribution in [3.05, 3.63) is 29.3 Å². The van der Waals surface area contributed by atoms with E-state index in [-0.39, 0.29) is 18.6 Å². The van der Waals surface area contributed by atoms with Crippen molar-refractivity contribution >= 4 is 5.91 Å². The van der Waals surface area contributed by atoms with Crippen LogP contribution in [-0.2, 0) is 11.2 Å². The highest BCUT2D eigenvalue weighted by Crippen LogP contribution is 2.36. The minimum atomic E-state index is -0.383. The number of hydrogen-bond donors (Lipinski definition) is 1.